The molecule has 0 saturated carbocycles. The Morgan fingerprint density at radius 2 is 1.79 bits per heavy atom. The Bertz CT molecular complexity index is 558. The van der Waals surface area contributed by atoms with Crippen molar-refractivity contribution >= 4 is 19.6 Å². The zero-order chi connectivity index (χ0) is 14.6. The van der Waals surface area contributed by atoms with Crippen molar-refractivity contribution in [1.82, 2.24) is 0 Å². The van der Waals surface area contributed by atoms with Crippen LogP contribution < -0.4 is 9.47 Å². The molecular formula is C11H13O7P. The molecule has 1 aromatic carbocycles. The molecule has 0 aliphatic heterocycles. The molecule has 0 aliphatic rings. The van der Waals surface area contributed by atoms with Gasteiger partial charge in [0.25, 0.3) is 0 Å². The number of hydrogen-bond donors (Lipinski definition) is 3. The van der Waals surface area contributed by atoms with Crippen molar-refractivity contribution in [3.05, 3.63) is 29.1 Å². The number of aliphatic carboxylic acids is 1. The number of carboxylic acid groups (broad SMARTS) is 1. The second-order valence-electron chi connectivity index (χ2n) is 3.49. The van der Waals surface area contributed by atoms with Gasteiger partial charge in [0.15, 0.2) is 11.5 Å². The summed E-state index contributed by atoms with van der Waals surface area (Å²) >= 11 is 0. The highest BCUT2D eigenvalue weighted by atomic mass is 31.2. The predicted molar refractivity (Wildman–Crippen MR) is 67.2 cm³/mol. The molecule has 3 N–H and O–H groups in total. The summed E-state index contributed by atoms with van der Waals surface area (Å²) in [6.45, 7) is 0. The fraction of sp³-hybridized carbons (Fsp3) is 0.182. The zero-order valence-electron chi connectivity index (χ0n) is 10.2. The number of carbonyl (C=O) groups is 1. The molecule has 0 heterocycles. The van der Waals surface area contributed by atoms with E-state index in [4.69, 9.17) is 24.4 Å². The van der Waals surface area contributed by atoms with Crippen molar-refractivity contribution in [1.29, 1.82) is 0 Å². The molecule has 0 spiro atoms. The van der Waals surface area contributed by atoms with Gasteiger partial charge in [-0.1, -0.05) is 6.07 Å². The van der Waals surface area contributed by atoms with Crippen LogP contribution in [-0.2, 0) is 9.36 Å². The van der Waals surface area contributed by atoms with Crippen LogP contribution in [0, 0.1) is 0 Å². The lowest BCUT2D eigenvalue weighted by Crippen LogP contribution is -2.01. The molecule has 0 amide bonds. The highest BCUT2D eigenvalue weighted by Gasteiger charge is 2.27. The van der Waals surface area contributed by atoms with Crippen LogP contribution in [0.5, 0.6) is 11.5 Å². The molecule has 0 aromatic heterocycles. The lowest BCUT2D eigenvalue weighted by Gasteiger charge is -2.09. The first-order valence-electron chi connectivity index (χ1n) is 5.02. The van der Waals surface area contributed by atoms with E-state index in [-0.39, 0.29) is 5.56 Å². The van der Waals surface area contributed by atoms with E-state index in [0.29, 0.717) is 11.5 Å². The van der Waals surface area contributed by atoms with Crippen LogP contribution >= 0.6 is 7.60 Å². The molecule has 19 heavy (non-hydrogen) atoms. The van der Waals surface area contributed by atoms with Gasteiger partial charge in [0.05, 0.1) is 14.2 Å². The maximum atomic E-state index is 11.0. The highest BCUT2D eigenvalue weighted by Crippen LogP contribution is 2.46. The SMILES string of the molecule is COc1ccc(C=C(C(=O)O)P(=O)(O)O)cc1OC. The fourth-order valence-corrected chi connectivity index (χ4v) is 1.94. The summed E-state index contributed by atoms with van der Waals surface area (Å²) in [5.41, 5.74) is 0.276. The predicted octanol–water partition coefficient (Wildman–Crippen LogP) is 1.31. The molecule has 104 valence electrons. The zero-order valence-corrected chi connectivity index (χ0v) is 11.1. The molecule has 1 aromatic rings. The maximum Gasteiger partial charge on any atom is 0.363 e. The van der Waals surface area contributed by atoms with Crippen LogP contribution in [0.1, 0.15) is 5.56 Å². The van der Waals surface area contributed by atoms with E-state index < -0.39 is 18.9 Å². The molecule has 0 atom stereocenters. The van der Waals surface area contributed by atoms with Crippen LogP contribution in [0.15, 0.2) is 23.5 Å². The molecule has 1 rings (SSSR count). The second kappa shape index (κ2) is 5.88. The van der Waals surface area contributed by atoms with Crippen molar-refractivity contribution in [2.75, 3.05) is 14.2 Å². The lowest BCUT2D eigenvalue weighted by atomic mass is 10.2. The lowest BCUT2D eigenvalue weighted by molar-refractivity contribution is -0.131. The average molecular weight is 288 g/mol. The Balaban J connectivity index is 3.30. The Labute approximate surface area is 109 Å². The first-order chi connectivity index (χ1) is 8.79. The Morgan fingerprint density at radius 1 is 1.21 bits per heavy atom. The number of carboxylic acids is 1. The summed E-state index contributed by atoms with van der Waals surface area (Å²) in [7, 11) is -2.02. The summed E-state index contributed by atoms with van der Waals surface area (Å²) in [4.78, 5) is 28.7. The Morgan fingerprint density at radius 3 is 2.21 bits per heavy atom. The third-order valence-electron chi connectivity index (χ3n) is 2.24. The van der Waals surface area contributed by atoms with Crippen LogP contribution in [0.4, 0.5) is 0 Å². The Hall–Kier alpha value is -1.82. The van der Waals surface area contributed by atoms with E-state index in [2.05, 4.69) is 0 Å². The average Bonchev–Trinajstić information content (AvgIpc) is 2.33. The second-order valence-corrected chi connectivity index (χ2v) is 5.06. The van der Waals surface area contributed by atoms with Gasteiger partial charge < -0.3 is 24.4 Å². The third-order valence-corrected chi connectivity index (χ3v) is 3.19. The van der Waals surface area contributed by atoms with Crippen LogP contribution in [-0.4, -0.2) is 35.1 Å². The number of methoxy groups -OCH3 is 2. The van der Waals surface area contributed by atoms with Gasteiger partial charge in [-0.15, -0.1) is 0 Å². The van der Waals surface area contributed by atoms with Crippen LogP contribution in [0.25, 0.3) is 6.08 Å². The van der Waals surface area contributed by atoms with Gasteiger partial charge in [-0.2, -0.15) is 0 Å². The number of benzene rings is 1. The Kier molecular flexibility index (Phi) is 4.72. The maximum absolute atomic E-state index is 11.0. The molecular weight excluding hydrogens is 275 g/mol. The first-order valence-corrected chi connectivity index (χ1v) is 6.64. The van der Waals surface area contributed by atoms with Gasteiger partial charge in [-0.3, -0.25) is 4.57 Å². The van der Waals surface area contributed by atoms with Crippen LogP contribution in [0.2, 0.25) is 0 Å². The molecule has 0 aliphatic carbocycles. The van der Waals surface area contributed by atoms with Gasteiger partial charge in [0.1, 0.15) is 5.31 Å². The number of ether oxygens (including phenoxy) is 2. The first kappa shape index (κ1) is 15.2. The van der Waals surface area contributed by atoms with E-state index in [9.17, 15) is 9.36 Å². The molecule has 0 radical (unpaired) electrons. The van der Waals surface area contributed by atoms with Gasteiger partial charge in [0.2, 0.25) is 0 Å². The van der Waals surface area contributed by atoms with Gasteiger partial charge in [-0.05, 0) is 23.8 Å². The summed E-state index contributed by atoms with van der Waals surface area (Å²) < 4.78 is 21.0. The monoisotopic (exact) mass is 288 g/mol. The summed E-state index contributed by atoms with van der Waals surface area (Å²) in [6.07, 6.45) is 0.894. The van der Waals surface area contributed by atoms with Crippen molar-refractivity contribution in [3.8, 4) is 11.5 Å². The van der Waals surface area contributed by atoms with Crippen molar-refractivity contribution < 1.29 is 33.7 Å². The quantitative estimate of drug-likeness (QED) is 0.553. The van der Waals surface area contributed by atoms with E-state index >= 15 is 0 Å². The normalized spacial score (nSPS) is 12.1. The molecule has 7 nitrogen and oxygen atoms in total. The number of rotatable bonds is 5. The molecule has 0 saturated heterocycles. The summed E-state index contributed by atoms with van der Waals surface area (Å²) in [5, 5.41) is 7.79. The third kappa shape index (κ3) is 3.82. The minimum absolute atomic E-state index is 0.276. The fourth-order valence-electron chi connectivity index (χ4n) is 1.37. The summed E-state index contributed by atoms with van der Waals surface area (Å²) in [6, 6.07) is 4.38. The molecule has 0 bridgehead atoms. The number of hydrogen-bond acceptors (Lipinski definition) is 4. The van der Waals surface area contributed by atoms with E-state index in [1.54, 1.807) is 0 Å². The smallest absolute Gasteiger partial charge is 0.363 e. The van der Waals surface area contributed by atoms with Gasteiger partial charge in [-0.25, -0.2) is 4.79 Å². The minimum Gasteiger partial charge on any atom is -0.493 e. The minimum atomic E-state index is -4.85. The standard InChI is InChI=1S/C11H13O7P/c1-17-8-4-3-7(5-9(8)18-2)6-10(11(12)13)19(14,15)16/h3-6H,1-2H3,(H,12,13)(H2,14,15,16). The topological polar surface area (TPSA) is 113 Å². The molecule has 8 heteroatoms. The van der Waals surface area contributed by atoms with E-state index in [1.165, 1.54) is 32.4 Å². The van der Waals surface area contributed by atoms with Crippen molar-refractivity contribution in [2.45, 2.75) is 0 Å². The van der Waals surface area contributed by atoms with E-state index in [1.807, 2.05) is 0 Å². The largest absolute Gasteiger partial charge is 0.493 e. The van der Waals surface area contributed by atoms with Crippen molar-refractivity contribution in [2.24, 2.45) is 0 Å². The van der Waals surface area contributed by atoms with E-state index in [0.717, 1.165) is 6.08 Å². The van der Waals surface area contributed by atoms with Gasteiger partial charge in [0, 0.05) is 0 Å². The molecule has 0 fully saturated rings. The molecule has 0 unspecified atom stereocenters. The van der Waals surface area contributed by atoms with Crippen LogP contribution in [0.3, 0.4) is 0 Å². The van der Waals surface area contributed by atoms with Gasteiger partial charge >= 0.3 is 13.6 Å². The van der Waals surface area contributed by atoms with Crippen molar-refractivity contribution in [3.63, 3.8) is 0 Å². The summed E-state index contributed by atoms with van der Waals surface area (Å²) in [5.74, 6) is -0.928. The highest BCUT2D eigenvalue weighted by molar-refractivity contribution is 7.58.